The van der Waals surface area contributed by atoms with Gasteiger partial charge >= 0.3 is 0 Å². The molecule has 0 amide bonds. The summed E-state index contributed by atoms with van der Waals surface area (Å²) in [7, 11) is 4.06. The monoisotopic (exact) mass is 274 g/mol. The second kappa shape index (κ2) is 6.10. The summed E-state index contributed by atoms with van der Waals surface area (Å²) in [6.45, 7) is 6.14. The van der Waals surface area contributed by atoms with E-state index >= 15 is 0 Å². The predicted octanol–water partition coefficient (Wildman–Crippen LogP) is 1.82. The van der Waals surface area contributed by atoms with E-state index in [0.717, 1.165) is 18.4 Å². The number of aromatic nitrogens is 1. The lowest BCUT2D eigenvalue weighted by Crippen LogP contribution is -2.59. The zero-order chi connectivity index (χ0) is 13.9. The van der Waals surface area contributed by atoms with Crippen molar-refractivity contribution in [1.29, 1.82) is 0 Å². The van der Waals surface area contributed by atoms with Gasteiger partial charge in [-0.25, -0.2) is 4.98 Å². The molecule has 2 aliphatic rings. The van der Waals surface area contributed by atoms with Crippen LogP contribution in [0.4, 0.5) is 5.82 Å². The first kappa shape index (κ1) is 13.8. The first-order chi connectivity index (χ1) is 9.72. The summed E-state index contributed by atoms with van der Waals surface area (Å²) in [5.41, 5.74) is 1.33. The Labute approximate surface area is 122 Å². The van der Waals surface area contributed by atoms with E-state index in [9.17, 15) is 0 Å². The standard InChI is InChI=1S/C16H26N4/c1-18(2)16-7-6-14(10-17-16)11-19-12-15(13-19)20-8-4-3-5-9-20/h6-7,10,15H,3-5,8-9,11-13H2,1-2H3. The number of pyridine rings is 1. The molecule has 3 rings (SSSR count). The van der Waals surface area contributed by atoms with E-state index < -0.39 is 0 Å². The van der Waals surface area contributed by atoms with Crippen LogP contribution in [0.2, 0.25) is 0 Å². The predicted molar refractivity (Wildman–Crippen MR) is 83.1 cm³/mol. The van der Waals surface area contributed by atoms with Crippen LogP contribution in [0.1, 0.15) is 24.8 Å². The average molecular weight is 274 g/mol. The minimum Gasteiger partial charge on any atom is -0.363 e. The highest BCUT2D eigenvalue weighted by Crippen LogP contribution is 2.21. The van der Waals surface area contributed by atoms with Crippen molar-refractivity contribution in [2.24, 2.45) is 0 Å². The molecule has 0 unspecified atom stereocenters. The van der Waals surface area contributed by atoms with Gasteiger partial charge in [-0.1, -0.05) is 12.5 Å². The van der Waals surface area contributed by atoms with Crippen molar-refractivity contribution < 1.29 is 0 Å². The van der Waals surface area contributed by atoms with Crippen LogP contribution in [0.15, 0.2) is 18.3 Å². The SMILES string of the molecule is CN(C)c1ccc(CN2CC(N3CCCCC3)C2)cn1. The van der Waals surface area contributed by atoms with E-state index in [1.165, 1.54) is 51.0 Å². The van der Waals surface area contributed by atoms with Crippen LogP contribution in [0.25, 0.3) is 0 Å². The van der Waals surface area contributed by atoms with Gasteiger partial charge in [-0.3, -0.25) is 9.80 Å². The van der Waals surface area contributed by atoms with Crippen LogP contribution in [-0.2, 0) is 6.54 Å². The van der Waals surface area contributed by atoms with Crippen molar-refractivity contribution in [3.63, 3.8) is 0 Å². The number of likely N-dealkylation sites (tertiary alicyclic amines) is 2. The summed E-state index contributed by atoms with van der Waals surface area (Å²) in [5.74, 6) is 1.03. The maximum Gasteiger partial charge on any atom is 0.127 e. The highest BCUT2D eigenvalue weighted by molar-refractivity contribution is 5.37. The largest absolute Gasteiger partial charge is 0.363 e. The first-order valence-electron chi connectivity index (χ1n) is 7.81. The molecule has 4 nitrogen and oxygen atoms in total. The molecule has 2 fully saturated rings. The molecule has 3 heterocycles. The van der Waals surface area contributed by atoms with Crippen molar-refractivity contribution in [2.45, 2.75) is 31.8 Å². The van der Waals surface area contributed by atoms with Gasteiger partial charge in [-0.2, -0.15) is 0 Å². The topological polar surface area (TPSA) is 22.6 Å². The minimum absolute atomic E-state index is 0.810. The molecule has 0 saturated carbocycles. The highest BCUT2D eigenvalue weighted by Gasteiger charge is 2.31. The molecular weight excluding hydrogens is 248 g/mol. The Hall–Kier alpha value is -1.13. The third-order valence-electron chi connectivity index (χ3n) is 4.52. The van der Waals surface area contributed by atoms with Gasteiger partial charge in [0.15, 0.2) is 0 Å². The first-order valence-corrected chi connectivity index (χ1v) is 7.81. The van der Waals surface area contributed by atoms with Gasteiger partial charge in [0.1, 0.15) is 5.82 Å². The Morgan fingerprint density at radius 1 is 1.15 bits per heavy atom. The molecule has 0 atom stereocenters. The summed E-state index contributed by atoms with van der Waals surface area (Å²) in [5, 5.41) is 0. The number of nitrogens with zero attached hydrogens (tertiary/aromatic N) is 4. The smallest absolute Gasteiger partial charge is 0.127 e. The number of piperidine rings is 1. The van der Waals surface area contributed by atoms with Gasteiger partial charge < -0.3 is 4.90 Å². The summed E-state index contributed by atoms with van der Waals surface area (Å²) in [6.07, 6.45) is 6.24. The van der Waals surface area contributed by atoms with E-state index in [0.29, 0.717) is 0 Å². The highest BCUT2D eigenvalue weighted by atomic mass is 15.3. The Morgan fingerprint density at radius 3 is 2.50 bits per heavy atom. The molecule has 1 aromatic heterocycles. The van der Waals surface area contributed by atoms with Gasteiger partial charge in [0.05, 0.1) is 0 Å². The number of anilines is 1. The van der Waals surface area contributed by atoms with Gasteiger partial charge in [0.25, 0.3) is 0 Å². The van der Waals surface area contributed by atoms with E-state index in [1.54, 1.807) is 0 Å². The third kappa shape index (κ3) is 3.13. The fourth-order valence-electron chi connectivity index (χ4n) is 3.22. The molecule has 110 valence electrons. The fraction of sp³-hybridized carbons (Fsp3) is 0.688. The Balaban J connectivity index is 1.46. The zero-order valence-corrected chi connectivity index (χ0v) is 12.8. The van der Waals surface area contributed by atoms with E-state index in [1.807, 2.05) is 25.2 Å². The van der Waals surface area contributed by atoms with Gasteiger partial charge in [0.2, 0.25) is 0 Å². The summed E-state index contributed by atoms with van der Waals surface area (Å²) < 4.78 is 0. The maximum atomic E-state index is 4.49. The second-order valence-corrected chi connectivity index (χ2v) is 6.36. The Morgan fingerprint density at radius 2 is 1.90 bits per heavy atom. The lowest BCUT2D eigenvalue weighted by molar-refractivity contribution is 0.0185. The summed E-state index contributed by atoms with van der Waals surface area (Å²) in [4.78, 5) is 11.8. The molecule has 0 aromatic carbocycles. The normalized spacial score (nSPS) is 21.7. The van der Waals surface area contributed by atoms with Crippen LogP contribution in [0.3, 0.4) is 0 Å². The van der Waals surface area contributed by atoms with Crippen LogP contribution in [0.5, 0.6) is 0 Å². The molecule has 0 radical (unpaired) electrons. The van der Waals surface area contributed by atoms with Crippen molar-refractivity contribution in [3.8, 4) is 0 Å². The molecule has 20 heavy (non-hydrogen) atoms. The van der Waals surface area contributed by atoms with E-state index in [-0.39, 0.29) is 0 Å². The van der Waals surface area contributed by atoms with Crippen molar-refractivity contribution in [3.05, 3.63) is 23.9 Å². The third-order valence-corrected chi connectivity index (χ3v) is 4.52. The number of rotatable bonds is 4. The lowest BCUT2D eigenvalue weighted by Gasteiger charge is -2.46. The van der Waals surface area contributed by atoms with Gasteiger partial charge in [-0.05, 0) is 37.6 Å². The van der Waals surface area contributed by atoms with Gasteiger partial charge in [-0.15, -0.1) is 0 Å². The lowest BCUT2D eigenvalue weighted by atomic mass is 10.0. The molecule has 2 saturated heterocycles. The zero-order valence-electron chi connectivity index (χ0n) is 12.8. The van der Waals surface area contributed by atoms with Crippen LogP contribution in [0, 0.1) is 0 Å². The van der Waals surface area contributed by atoms with Crippen LogP contribution < -0.4 is 4.90 Å². The quantitative estimate of drug-likeness (QED) is 0.835. The van der Waals surface area contributed by atoms with E-state index in [4.69, 9.17) is 0 Å². The summed E-state index contributed by atoms with van der Waals surface area (Å²) >= 11 is 0. The molecule has 1 aromatic rings. The van der Waals surface area contributed by atoms with Gasteiger partial charge in [0, 0.05) is 46.0 Å². The number of hydrogen-bond acceptors (Lipinski definition) is 4. The molecule has 0 spiro atoms. The Bertz CT molecular complexity index is 417. The summed E-state index contributed by atoms with van der Waals surface area (Å²) in [6, 6.07) is 5.12. The minimum atomic E-state index is 0.810. The average Bonchev–Trinajstić information content (AvgIpc) is 2.44. The molecule has 0 N–H and O–H groups in total. The van der Waals surface area contributed by atoms with Crippen LogP contribution >= 0.6 is 0 Å². The fourth-order valence-corrected chi connectivity index (χ4v) is 3.22. The van der Waals surface area contributed by atoms with Crippen molar-refractivity contribution >= 4 is 5.82 Å². The molecular formula is C16H26N4. The van der Waals surface area contributed by atoms with Crippen LogP contribution in [-0.4, -0.2) is 61.1 Å². The molecule has 0 aliphatic carbocycles. The number of hydrogen-bond donors (Lipinski definition) is 0. The Kier molecular flexibility index (Phi) is 4.22. The van der Waals surface area contributed by atoms with Crippen molar-refractivity contribution in [1.82, 2.24) is 14.8 Å². The van der Waals surface area contributed by atoms with E-state index in [2.05, 4.69) is 26.9 Å². The molecule has 4 heteroatoms. The molecule has 2 aliphatic heterocycles. The van der Waals surface area contributed by atoms with Crippen molar-refractivity contribution in [2.75, 3.05) is 45.2 Å². The molecule has 0 bridgehead atoms. The second-order valence-electron chi connectivity index (χ2n) is 6.36. The maximum absolute atomic E-state index is 4.49.